The smallest absolute Gasteiger partial charge is 0.333 e. The Hall–Kier alpha value is -7.63. The molecule has 0 bridgehead atoms. The molecule has 2 aromatic carbocycles. The number of aromatic nitrogens is 4. The fourth-order valence-corrected chi connectivity index (χ4v) is 8.01. The van der Waals surface area contributed by atoms with Gasteiger partial charge in [0.15, 0.2) is 5.78 Å². The summed E-state index contributed by atoms with van der Waals surface area (Å²) in [4.78, 5) is 117. The maximum Gasteiger partial charge on any atom is 0.333 e. The molecule has 348 valence electrons. The number of nitrogens with one attached hydrogen (secondary N) is 3. The molecule has 3 N–H and O–H groups in total. The number of fused-ring (bicyclic) bond motifs is 2. The molecule has 2 aliphatic rings. The van der Waals surface area contributed by atoms with Gasteiger partial charge in [-0.2, -0.15) is 5.10 Å². The molecule has 1 fully saturated rings. The van der Waals surface area contributed by atoms with Crippen LogP contribution in [0.5, 0.6) is 0 Å². The van der Waals surface area contributed by atoms with E-state index >= 15 is 0 Å². The molecule has 5 heterocycles. The lowest BCUT2D eigenvalue weighted by atomic mass is 9.92. The summed E-state index contributed by atoms with van der Waals surface area (Å²) in [5.41, 5.74) is 5.58. The van der Waals surface area contributed by atoms with E-state index in [-0.39, 0.29) is 80.8 Å². The number of nitrogens with zero attached hydrogens (tertiary/aromatic N) is 6. The van der Waals surface area contributed by atoms with Crippen LogP contribution in [0.3, 0.4) is 0 Å². The van der Waals surface area contributed by atoms with Crippen LogP contribution in [0.4, 0.5) is 10.5 Å². The second kappa shape index (κ2) is 21.6. The molecular formula is C49H53N9O9. The first-order chi connectivity index (χ1) is 32.2. The number of anilines is 1. The lowest BCUT2D eigenvalue weighted by Crippen LogP contribution is -2.45. The molecule has 2 atom stereocenters. The van der Waals surface area contributed by atoms with Crippen molar-refractivity contribution in [2.75, 3.05) is 11.9 Å². The minimum absolute atomic E-state index is 0.0250. The summed E-state index contributed by atoms with van der Waals surface area (Å²) in [5.74, 6) is -4.08. The van der Waals surface area contributed by atoms with Gasteiger partial charge in [-0.3, -0.25) is 38.7 Å². The Morgan fingerprint density at radius 3 is 2.31 bits per heavy atom. The van der Waals surface area contributed by atoms with Crippen molar-refractivity contribution < 1.29 is 38.4 Å². The maximum atomic E-state index is 14.1. The van der Waals surface area contributed by atoms with Crippen LogP contribution < -0.4 is 21.5 Å². The molecular weight excluding hydrogens is 859 g/mol. The van der Waals surface area contributed by atoms with Crippen molar-refractivity contribution in [1.29, 1.82) is 0 Å². The van der Waals surface area contributed by atoms with Crippen molar-refractivity contribution >= 4 is 58.0 Å². The number of urea groups is 1. The van der Waals surface area contributed by atoms with Crippen LogP contribution >= 0.6 is 0 Å². The van der Waals surface area contributed by atoms with Gasteiger partial charge in [-0.25, -0.2) is 14.3 Å². The fraction of sp³-hybridized carbons (Fsp3) is 0.367. The molecule has 18 heteroatoms. The highest BCUT2D eigenvalue weighted by Gasteiger charge is 2.33. The number of hydrogen-bond acceptors (Lipinski definition) is 12. The number of rotatable bonds is 19. The molecule has 18 nitrogen and oxygen atoms in total. The third-order valence-electron chi connectivity index (χ3n) is 11.7. The number of ketones is 1. The number of pyridine rings is 2. The van der Waals surface area contributed by atoms with E-state index in [1.165, 1.54) is 4.68 Å². The van der Waals surface area contributed by atoms with Crippen molar-refractivity contribution in [3.63, 3.8) is 0 Å². The van der Waals surface area contributed by atoms with Crippen LogP contribution in [0.15, 0.2) is 90.1 Å². The number of benzene rings is 2. The van der Waals surface area contributed by atoms with Crippen LogP contribution in [0.2, 0.25) is 0 Å². The van der Waals surface area contributed by atoms with Gasteiger partial charge < -0.3 is 25.7 Å². The van der Waals surface area contributed by atoms with E-state index in [0.717, 1.165) is 27.6 Å². The average molecular weight is 912 g/mol. The Bertz CT molecular complexity index is 2710. The molecule has 0 saturated carbocycles. The third kappa shape index (κ3) is 11.8. The quantitative estimate of drug-likeness (QED) is 0.0691. The Labute approximate surface area is 386 Å². The second-order valence-corrected chi connectivity index (χ2v) is 17.1. The van der Waals surface area contributed by atoms with Crippen LogP contribution in [0.1, 0.15) is 83.3 Å². The van der Waals surface area contributed by atoms with Gasteiger partial charge in [-0.05, 0) is 78.3 Å². The van der Waals surface area contributed by atoms with Gasteiger partial charge in [0.25, 0.3) is 17.4 Å². The zero-order chi connectivity index (χ0) is 47.6. The van der Waals surface area contributed by atoms with Gasteiger partial charge in [-0.15, -0.1) is 5.06 Å². The fourth-order valence-electron chi connectivity index (χ4n) is 8.01. The van der Waals surface area contributed by atoms with E-state index in [0.29, 0.717) is 53.5 Å². The van der Waals surface area contributed by atoms with E-state index in [1.807, 2.05) is 48.5 Å². The molecule has 1 saturated heterocycles. The topological polar surface area (TPSA) is 232 Å². The van der Waals surface area contributed by atoms with Gasteiger partial charge >= 0.3 is 12.0 Å². The number of amides is 6. The number of Topliss-reactive ketones (excluding diaryl/α,β-unsaturated/α-hetero) is 1. The summed E-state index contributed by atoms with van der Waals surface area (Å²) in [6, 6.07) is 19.2. The lowest BCUT2D eigenvalue weighted by Gasteiger charge is -2.23. The summed E-state index contributed by atoms with van der Waals surface area (Å²) < 4.78 is 1.43. The van der Waals surface area contributed by atoms with Crippen LogP contribution in [0.25, 0.3) is 33.3 Å². The molecule has 3 aromatic heterocycles. The normalized spacial score (nSPS) is 14.2. The van der Waals surface area contributed by atoms with Crippen molar-refractivity contribution in [1.82, 2.24) is 40.3 Å². The standard InChI is InChI=1S/C49H53N9O9/c1-30(2)46(54-42(60)12-7-13-45(63)67-58-43(61)18-19-44(58)62)41(59)25-31(3)47(64)52-21-4-5-24-57-48(65)38(36-9-6-11-39-37(36)10-8-22-51-39)26-40(55-57)32-14-16-35(17-15-32)53-49(66)56-28-33-20-23-50-27-34(33)29-56/h6,8-11,14-17,20,22-23,26-27,30-31,46H,4-5,7,12-13,18-19,21,24-25,28-29H2,1-3H3,(H,52,64)(H,53,66)(H,54,60)/t31-,46+/m1/s1. The first kappa shape index (κ1) is 47.3. The van der Waals surface area contributed by atoms with Crippen molar-refractivity contribution in [3.8, 4) is 22.4 Å². The highest BCUT2D eigenvalue weighted by Crippen LogP contribution is 2.29. The molecule has 5 aromatic rings. The largest absolute Gasteiger partial charge is 0.356 e. The molecule has 7 rings (SSSR count). The monoisotopic (exact) mass is 911 g/mol. The van der Waals surface area contributed by atoms with Gasteiger partial charge in [0.2, 0.25) is 11.8 Å². The summed E-state index contributed by atoms with van der Waals surface area (Å²) in [6.07, 6.45) is 5.80. The predicted octanol–water partition coefficient (Wildman–Crippen LogP) is 5.48. The van der Waals surface area contributed by atoms with E-state index in [2.05, 4.69) is 25.9 Å². The highest BCUT2D eigenvalue weighted by molar-refractivity contribution is 6.01. The summed E-state index contributed by atoms with van der Waals surface area (Å²) in [6.45, 7) is 6.70. The molecule has 0 spiro atoms. The SMILES string of the molecule is CC(C)[C@H](NC(=O)CCCC(=O)ON1C(=O)CCC1=O)C(=O)C[C@@H](C)C(=O)NCCCCn1nc(-c2ccc(NC(=O)N3Cc4ccncc4C3)cc2)cc(-c2cccc3ncccc23)c1=O. The number of hydrogen-bond donors (Lipinski definition) is 3. The number of aryl methyl sites for hydroxylation is 1. The Balaban J connectivity index is 0.926. The van der Waals surface area contributed by atoms with Crippen LogP contribution in [-0.2, 0) is 53.2 Å². The Morgan fingerprint density at radius 1 is 0.806 bits per heavy atom. The Morgan fingerprint density at radius 2 is 1.57 bits per heavy atom. The number of carbonyl (C=O) groups is 7. The predicted molar refractivity (Wildman–Crippen MR) is 246 cm³/mol. The summed E-state index contributed by atoms with van der Waals surface area (Å²) in [7, 11) is 0. The molecule has 6 amide bonds. The summed E-state index contributed by atoms with van der Waals surface area (Å²) in [5, 5.41) is 14.6. The van der Waals surface area contributed by atoms with E-state index in [9.17, 15) is 38.4 Å². The maximum absolute atomic E-state index is 14.1. The van der Waals surface area contributed by atoms with Crippen molar-refractivity contribution in [3.05, 3.63) is 107 Å². The lowest BCUT2D eigenvalue weighted by molar-refractivity contribution is -0.197. The minimum atomic E-state index is -0.859. The minimum Gasteiger partial charge on any atom is -0.356 e. The van der Waals surface area contributed by atoms with Crippen molar-refractivity contribution in [2.45, 2.75) is 97.8 Å². The zero-order valence-electron chi connectivity index (χ0n) is 37.7. The Kier molecular flexibility index (Phi) is 15.2. The number of unbranched alkanes of at least 4 members (excludes halogenated alkanes) is 1. The van der Waals surface area contributed by atoms with Gasteiger partial charge in [0.1, 0.15) is 0 Å². The van der Waals surface area contributed by atoms with E-state index in [1.54, 1.807) is 62.5 Å². The van der Waals surface area contributed by atoms with Crippen LogP contribution in [-0.4, -0.2) is 83.7 Å². The van der Waals surface area contributed by atoms with Crippen LogP contribution in [0, 0.1) is 11.8 Å². The van der Waals surface area contributed by atoms with Gasteiger partial charge in [-0.1, -0.05) is 51.1 Å². The molecule has 0 unspecified atom stereocenters. The third-order valence-corrected chi connectivity index (χ3v) is 11.7. The average Bonchev–Trinajstić information content (AvgIpc) is 3.90. The zero-order valence-corrected chi connectivity index (χ0v) is 37.7. The van der Waals surface area contributed by atoms with Gasteiger partial charge in [0, 0.05) is 99.4 Å². The second-order valence-electron chi connectivity index (χ2n) is 17.1. The molecule has 0 radical (unpaired) electrons. The van der Waals surface area contributed by atoms with E-state index in [4.69, 9.17) is 9.94 Å². The highest BCUT2D eigenvalue weighted by atomic mass is 16.7. The first-order valence-electron chi connectivity index (χ1n) is 22.5. The van der Waals surface area contributed by atoms with E-state index < -0.39 is 35.7 Å². The first-order valence-corrected chi connectivity index (χ1v) is 22.5. The number of carbonyl (C=O) groups excluding carboxylic acids is 7. The number of hydroxylamine groups is 2. The van der Waals surface area contributed by atoms with Crippen molar-refractivity contribution in [2.24, 2.45) is 11.8 Å². The molecule has 0 aliphatic carbocycles. The number of imide groups is 1. The van der Waals surface area contributed by atoms with Gasteiger partial charge in [0.05, 0.1) is 22.8 Å². The molecule has 2 aliphatic heterocycles. The summed E-state index contributed by atoms with van der Waals surface area (Å²) >= 11 is 0. The molecule has 67 heavy (non-hydrogen) atoms.